The Hall–Kier alpha value is -4.99. The molecular formula is C31H33N5O5. The van der Waals surface area contributed by atoms with Crippen LogP contribution in [0.5, 0.6) is 0 Å². The number of fused-ring (bicyclic) bond motifs is 1. The maximum Gasteiger partial charge on any atom is 0.408 e. The van der Waals surface area contributed by atoms with Gasteiger partial charge in [0, 0.05) is 32.3 Å². The molecular weight excluding hydrogens is 522 g/mol. The van der Waals surface area contributed by atoms with Gasteiger partial charge in [-0.25, -0.2) is 9.78 Å². The molecule has 41 heavy (non-hydrogen) atoms. The Morgan fingerprint density at radius 1 is 1.05 bits per heavy atom. The highest BCUT2D eigenvalue weighted by molar-refractivity contribution is 5.89. The molecule has 0 aliphatic heterocycles. The monoisotopic (exact) mass is 555 g/mol. The molecule has 2 aromatic carbocycles. The number of hydrogen-bond acceptors (Lipinski definition) is 6. The summed E-state index contributed by atoms with van der Waals surface area (Å²) in [6.45, 7) is 0.268. The molecule has 0 aliphatic carbocycles. The third-order valence-electron chi connectivity index (χ3n) is 6.44. The Labute approximate surface area is 237 Å². The summed E-state index contributed by atoms with van der Waals surface area (Å²) in [5.41, 5.74) is 2.47. The fraction of sp³-hybridized carbons (Fsp3) is 0.258. The van der Waals surface area contributed by atoms with Gasteiger partial charge in [0.2, 0.25) is 5.91 Å². The lowest BCUT2D eigenvalue weighted by Crippen LogP contribution is -2.42. The third kappa shape index (κ3) is 8.25. The van der Waals surface area contributed by atoms with Gasteiger partial charge in [0.25, 0.3) is 5.56 Å². The number of pyridine rings is 1. The summed E-state index contributed by atoms with van der Waals surface area (Å²) in [5, 5.41) is 2.64. The molecule has 0 spiro atoms. The van der Waals surface area contributed by atoms with Gasteiger partial charge in [-0.15, -0.1) is 0 Å². The number of imidazole rings is 1. The van der Waals surface area contributed by atoms with Crippen molar-refractivity contribution in [2.45, 2.75) is 38.5 Å². The molecule has 0 aliphatic rings. The number of nitrogens with one attached hydrogen (secondary N) is 2. The summed E-state index contributed by atoms with van der Waals surface area (Å²) in [6.07, 6.45) is 4.40. The molecule has 4 rings (SSSR count). The van der Waals surface area contributed by atoms with E-state index in [2.05, 4.69) is 15.3 Å². The first-order valence-electron chi connectivity index (χ1n) is 13.3. The number of ether oxygens (including phenoxy) is 1. The van der Waals surface area contributed by atoms with Crippen molar-refractivity contribution in [2.24, 2.45) is 0 Å². The summed E-state index contributed by atoms with van der Waals surface area (Å²) >= 11 is 0. The first-order chi connectivity index (χ1) is 19.8. The van der Waals surface area contributed by atoms with E-state index in [1.807, 2.05) is 54.6 Å². The molecule has 0 bridgehead atoms. The Morgan fingerprint density at radius 3 is 2.56 bits per heavy atom. The first kappa shape index (κ1) is 29.0. The van der Waals surface area contributed by atoms with E-state index in [4.69, 9.17) is 4.74 Å². The van der Waals surface area contributed by atoms with E-state index in [0.29, 0.717) is 17.8 Å². The van der Waals surface area contributed by atoms with Crippen LogP contribution < -0.4 is 10.9 Å². The summed E-state index contributed by atoms with van der Waals surface area (Å²) in [4.78, 5) is 60.2. The van der Waals surface area contributed by atoms with Gasteiger partial charge in [0.1, 0.15) is 12.4 Å². The molecule has 0 saturated carbocycles. The van der Waals surface area contributed by atoms with E-state index in [9.17, 15) is 19.2 Å². The summed E-state index contributed by atoms with van der Waals surface area (Å²) in [7, 11) is 3.29. The highest BCUT2D eigenvalue weighted by Crippen LogP contribution is 2.11. The number of alkyl carbamates (subject to hydrolysis) is 1. The van der Waals surface area contributed by atoms with Crippen LogP contribution in [0.4, 0.5) is 4.79 Å². The maximum atomic E-state index is 13.4. The van der Waals surface area contributed by atoms with Crippen LogP contribution in [-0.2, 0) is 33.9 Å². The SMILES string of the molecule is CN(C)C(=O)/C=C/CC[C@H](NC(=O)OCc1ccccc1)C(=O)Cc1cccn(Cc2nc3ccccc3[nH]2)c1=O. The van der Waals surface area contributed by atoms with E-state index in [1.165, 1.54) is 15.5 Å². The average molecular weight is 556 g/mol. The zero-order chi connectivity index (χ0) is 29.2. The number of amides is 2. The molecule has 1 atom stereocenters. The molecule has 10 heteroatoms. The van der Waals surface area contributed by atoms with Gasteiger partial charge in [-0.3, -0.25) is 14.4 Å². The predicted octanol–water partition coefficient (Wildman–Crippen LogP) is 3.60. The van der Waals surface area contributed by atoms with Crippen molar-refractivity contribution in [2.75, 3.05) is 14.1 Å². The number of Topliss-reactive ketones (excluding diaryl/α,β-unsaturated/α-hetero) is 1. The van der Waals surface area contributed by atoms with Crippen LogP contribution >= 0.6 is 0 Å². The smallest absolute Gasteiger partial charge is 0.408 e. The quantitative estimate of drug-likeness (QED) is 0.257. The summed E-state index contributed by atoms with van der Waals surface area (Å²) in [6, 6.07) is 19.2. The molecule has 0 radical (unpaired) electrons. The number of benzene rings is 2. The minimum atomic E-state index is -0.916. The van der Waals surface area contributed by atoms with Crippen molar-refractivity contribution in [1.29, 1.82) is 0 Å². The molecule has 2 heterocycles. The third-order valence-corrected chi connectivity index (χ3v) is 6.44. The number of para-hydroxylation sites is 2. The molecule has 0 unspecified atom stereocenters. The minimum absolute atomic E-state index is 0.0516. The van der Waals surface area contributed by atoms with Crippen molar-refractivity contribution < 1.29 is 19.1 Å². The van der Waals surface area contributed by atoms with Gasteiger partial charge in [-0.05, 0) is 42.7 Å². The van der Waals surface area contributed by atoms with Crippen molar-refractivity contribution in [3.63, 3.8) is 0 Å². The van der Waals surface area contributed by atoms with Crippen LogP contribution in [0.1, 0.15) is 29.8 Å². The number of H-pyrrole nitrogens is 1. The molecule has 0 saturated heterocycles. The molecule has 4 aromatic rings. The molecule has 2 amide bonds. The topological polar surface area (TPSA) is 126 Å². The maximum absolute atomic E-state index is 13.4. The van der Waals surface area contributed by atoms with Crippen LogP contribution in [0.3, 0.4) is 0 Å². The summed E-state index contributed by atoms with van der Waals surface area (Å²) < 4.78 is 6.80. The lowest BCUT2D eigenvalue weighted by Gasteiger charge is -2.17. The molecule has 2 N–H and O–H groups in total. The van der Waals surface area contributed by atoms with Crippen LogP contribution in [0.25, 0.3) is 11.0 Å². The van der Waals surface area contributed by atoms with E-state index < -0.39 is 12.1 Å². The number of carbonyl (C=O) groups is 3. The Morgan fingerprint density at radius 2 is 1.80 bits per heavy atom. The zero-order valence-corrected chi connectivity index (χ0v) is 23.1. The van der Waals surface area contributed by atoms with Crippen LogP contribution in [-0.4, -0.2) is 57.4 Å². The molecule has 2 aromatic heterocycles. The number of ketones is 1. The second-order valence-electron chi connectivity index (χ2n) is 9.78. The number of hydrogen-bond donors (Lipinski definition) is 2. The molecule has 0 fully saturated rings. The van der Waals surface area contributed by atoms with Gasteiger partial charge in [0.15, 0.2) is 5.78 Å². The predicted molar refractivity (Wildman–Crippen MR) is 155 cm³/mol. The van der Waals surface area contributed by atoms with Crippen molar-refractivity contribution in [1.82, 2.24) is 24.8 Å². The molecule has 212 valence electrons. The van der Waals surface area contributed by atoms with Gasteiger partial charge in [-0.2, -0.15) is 0 Å². The van der Waals surface area contributed by atoms with Crippen LogP contribution in [0.15, 0.2) is 89.9 Å². The number of nitrogens with zero attached hydrogens (tertiary/aromatic N) is 3. The average Bonchev–Trinajstić information content (AvgIpc) is 3.38. The number of aromatic amines is 1. The lowest BCUT2D eigenvalue weighted by molar-refractivity contribution is -0.123. The molecule has 10 nitrogen and oxygen atoms in total. The fourth-order valence-corrected chi connectivity index (χ4v) is 4.22. The standard InChI is InChI=1S/C31H33N5O5/c1-35(2)29(38)17-9-8-16-26(34-31(40)41-21-22-11-4-3-5-12-22)27(37)19-23-13-10-18-36(30(23)39)20-28-32-24-14-6-7-15-25(24)33-28/h3-7,9-15,17-18,26H,8,16,19-21H2,1-2H3,(H,32,33)(H,34,40)/b17-9+/t26-/m0/s1. The van der Waals surface area contributed by atoms with E-state index in [-0.39, 0.29) is 43.2 Å². The summed E-state index contributed by atoms with van der Waals surface area (Å²) in [5.74, 6) is 0.0986. The fourth-order valence-electron chi connectivity index (χ4n) is 4.22. The number of rotatable bonds is 12. The lowest BCUT2D eigenvalue weighted by atomic mass is 10.0. The zero-order valence-electron chi connectivity index (χ0n) is 23.1. The largest absolute Gasteiger partial charge is 0.445 e. The normalized spacial score (nSPS) is 11.9. The van der Waals surface area contributed by atoms with E-state index >= 15 is 0 Å². The minimum Gasteiger partial charge on any atom is -0.445 e. The van der Waals surface area contributed by atoms with Crippen LogP contribution in [0.2, 0.25) is 0 Å². The van der Waals surface area contributed by atoms with Crippen molar-refractivity contribution in [3.05, 3.63) is 112 Å². The Balaban J connectivity index is 1.44. The van der Waals surface area contributed by atoms with Gasteiger partial charge in [0.05, 0.1) is 23.6 Å². The Kier molecular flexibility index (Phi) is 9.82. The number of aromatic nitrogens is 3. The highest BCUT2D eigenvalue weighted by atomic mass is 16.5. The number of allylic oxidation sites excluding steroid dienone is 1. The number of carbonyl (C=O) groups excluding carboxylic acids is 3. The second kappa shape index (κ2) is 13.9. The van der Waals surface area contributed by atoms with Gasteiger partial charge < -0.3 is 24.5 Å². The first-order valence-corrected chi connectivity index (χ1v) is 13.3. The van der Waals surface area contributed by atoms with E-state index in [1.54, 1.807) is 38.5 Å². The van der Waals surface area contributed by atoms with Gasteiger partial charge >= 0.3 is 6.09 Å². The van der Waals surface area contributed by atoms with Crippen molar-refractivity contribution >= 4 is 28.8 Å². The second-order valence-corrected chi connectivity index (χ2v) is 9.78. The Bertz CT molecular complexity index is 1560. The highest BCUT2D eigenvalue weighted by Gasteiger charge is 2.22. The number of likely N-dealkylation sites (N-methyl/N-ethyl adjacent to an activating group) is 1. The van der Waals surface area contributed by atoms with E-state index in [0.717, 1.165) is 16.6 Å². The van der Waals surface area contributed by atoms with Crippen LogP contribution in [0, 0.1) is 0 Å². The van der Waals surface area contributed by atoms with Crippen molar-refractivity contribution in [3.8, 4) is 0 Å². The van der Waals surface area contributed by atoms with Gasteiger partial charge in [-0.1, -0.05) is 54.6 Å².